The molecule has 0 bridgehead atoms. The van der Waals surface area contributed by atoms with E-state index in [0.717, 1.165) is 27.4 Å². The first-order chi connectivity index (χ1) is 7.50. The normalized spacial score (nSPS) is 10.7. The van der Waals surface area contributed by atoms with Crippen molar-refractivity contribution in [2.24, 2.45) is 0 Å². The van der Waals surface area contributed by atoms with Gasteiger partial charge in [0.1, 0.15) is 0 Å². The van der Waals surface area contributed by atoms with Crippen LogP contribution in [0.3, 0.4) is 0 Å². The van der Waals surface area contributed by atoms with E-state index in [2.05, 4.69) is 21.2 Å². The van der Waals surface area contributed by atoms with E-state index in [1.165, 1.54) is 0 Å². The topological polar surface area (TPSA) is 49.3 Å². The SMILES string of the molecule is Cc1cc(Br)cc(C)c1NC/C=C/C(=O)O. The van der Waals surface area contributed by atoms with Crippen LogP contribution in [0.25, 0.3) is 0 Å². The second kappa shape index (κ2) is 5.70. The van der Waals surface area contributed by atoms with Gasteiger partial charge in [-0.2, -0.15) is 0 Å². The lowest BCUT2D eigenvalue weighted by atomic mass is 10.1. The molecule has 0 aliphatic heterocycles. The van der Waals surface area contributed by atoms with E-state index < -0.39 is 5.97 Å². The number of nitrogens with one attached hydrogen (secondary N) is 1. The fourth-order valence-corrected chi connectivity index (χ4v) is 2.20. The number of benzene rings is 1. The molecule has 2 N–H and O–H groups in total. The predicted octanol–water partition coefficient (Wildman–Crippen LogP) is 3.12. The molecule has 1 aromatic carbocycles. The fourth-order valence-electron chi connectivity index (χ4n) is 1.51. The monoisotopic (exact) mass is 283 g/mol. The minimum atomic E-state index is -0.925. The van der Waals surface area contributed by atoms with Gasteiger partial charge in [0.15, 0.2) is 0 Å². The molecule has 0 radical (unpaired) electrons. The smallest absolute Gasteiger partial charge is 0.328 e. The summed E-state index contributed by atoms with van der Waals surface area (Å²) in [6, 6.07) is 4.05. The number of hydrogen-bond donors (Lipinski definition) is 2. The van der Waals surface area contributed by atoms with E-state index in [1.807, 2.05) is 26.0 Å². The Morgan fingerprint density at radius 1 is 1.44 bits per heavy atom. The maximum absolute atomic E-state index is 10.3. The van der Waals surface area contributed by atoms with Gasteiger partial charge in [0.2, 0.25) is 0 Å². The zero-order chi connectivity index (χ0) is 12.1. The van der Waals surface area contributed by atoms with Gasteiger partial charge in [-0.15, -0.1) is 0 Å². The van der Waals surface area contributed by atoms with E-state index in [4.69, 9.17) is 5.11 Å². The molecular formula is C12H14BrNO2. The summed E-state index contributed by atoms with van der Waals surface area (Å²) in [6.45, 7) is 4.54. The van der Waals surface area contributed by atoms with E-state index in [0.29, 0.717) is 6.54 Å². The molecule has 0 atom stereocenters. The van der Waals surface area contributed by atoms with Gasteiger partial charge in [0, 0.05) is 22.8 Å². The molecule has 0 spiro atoms. The van der Waals surface area contributed by atoms with Crippen LogP contribution in [0.2, 0.25) is 0 Å². The molecule has 16 heavy (non-hydrogen) atoms. The average molecular weight is 284 g/mol. The second-order valence-electron chi connectivity index (χ2n) is 3.54. The largest absolute Gasteiger partial charge is 0.478 e. The minimum Gasteiger partial charge on any atom is -0.478 e. The standard InChI is InChI=1S/C12H14BrNO2/c1-8-6-10(13)7-9(2)12(8)14-5-3-4-11(15)16/h3-4,6-7,14H,5H2,1-2H3,(H,15,16)/b4-3+. The Kier molecular flexibility index (Phi) is 4.55. The van der Waals surface area contributed by atoms with Gasteiger partial charge < -0.3 is 10.4 Å². The van der Waals surface area contributed by atoms with E-state index in [1.54, 1.807) is 6.08 Å². The number of carbonyl (C=O) groups is 1. The maximum atomic E-state index is 10.3. The summed E-state index contributed by atoms with van der Waals surface area (Å²) in [4.78, 5) is 10.3. The van der Waals surface area contributed by atoms with Crippen LogP contribution in [0.5, 0.6) is 0 Å². The lowest BCUT2D eigenvalue weighted by Crippen LogP contribution is -2.03. The number of halogens is 1. The Hall–Kier alpha value is -1.29. The van der Waals surface area contributed by atoms with Gasteiger partial charge in [0.05, 0.1) is 0 Å². The molecule has 0 amide bonds. The van der Waals surface area contributed by atoms with Crippen LogP contribution in [0.15, 0.2) is 28.8 Å². The van der Waals surface area contributed by atoms with Crippen LogP contribution < -0.4 is 5.32 Å². The summed E-state index contributed by atoms with van der Waals surface area (Å²) >= 11 is 3.43. The van der Waals surface area contributed by atoms with Crippen LogP contribution in [-0.2, 0) is 4.79 Å². The molecule has 0 aromatic heterocycles. The number of carboxylic acid groups (broad SMARTS) is 1. The molecule has 1 rings (SSSR count). The number of aryl methyl sites for hydroxylation is 2. The lowest BCUT2D eigenvalue weighted by molar-refractivity contribution is -0.131. The van der Waals surface area contributed by atoms with Crippen LogP contribution in [-0.4, -0.2) is 17.6 Å². The van der Waals surface area contributed by atoms with Crippen molar-refractivity contribution in [3.8, 4) is 0 Å². The highest BCUT2D eigenvalue weighted by Crippen LogP contribution is 2.24. The predicted molar refractivity (Wildman–Crippen MR) is 68.9 cm³/mol. The summed E-state index contributed by atoms with van der Waals surface area (Å²) in [5, 5.41) is 11.6. The van der Waals surface area contributed by atoms with E-state index >= 15 is 0 Å². The van der Waals surface area contributed by atoms with Crippen molar-refractivity contribution in [1.29, 1.82) is 0 Å². The van der Waals surface area contributed by atoms with Crippen molar-refractivity contribution in [3.05, 3.63) is 39.9 Å². The molecule has 0 aliphatic rings. The highest BCUT2D eigenvalue weighted by molar-refractivity contribution is 9.10. The van der Waals surface area contributed by atoms with Crippen molar-refractivity contribution < 1.29 is 9.90 Å². The highest BCUT2D eigenvalue weighted by atomic mass is 79.9. The first-order valence-electron chi connectivity index (χ1n) is 4.91. The van der Waals surface area contributed by atoms with Gasteiger partial charge in [-0.25, -0.2) is 4.79 Å². The lowest BCUT2D eigenvalue weighted by Gasteiger charge is -2.11. The quantitative estimate of drug-likeness (QED) is 0.835. The molecule has 0 unspecified atom stereocenters. The van der Waals surface area contributed by atoms with Crippen molar-refractivity contribution in [2.45, 2.75) is 13.8 Å². The zero-order valence-electron chi connectivity index (χ0n) is 9.25. The van der Waals surface area contributed by atoms with E-state index in [9.17, 15) is 4.79 Å². The Balaban J connectivity index is 2.71. The van der Waals surface area contributed by atoms with E-state index in [-0.39, 0.29) is 0 Å². The van der Waals surface area contributed by atoms with Crippen molar-refractivity contribution in [1.82, 2.24) is 0 Å². The second-order valence-corrected chi connectivity index (χ2v) is 4.45. The van der Waals surface area contributed by atoms with Crippen LogP contribution >= 0.6 is 15.9 Å². The molecule has 0 heterocycles. The fraction of sp³-hybridized carbons (Fsp3) is 0.250. The van der Waals surface area contributed by atoms with Gasteiger partial charge in [0.25, 0.3) is 0 Å². The summed E-state index contributed by atoms with van der Waals surface area (Å²) in [5.41, 5.74) is 3.32. The number of rotatable bonds is 4. The van der Waals surface area contributed by atoms with Gasteiger partial charge in [-0.05, 0) is 37.1 Å². The Labute approximate surface area is 103 Å². The highest BCUT2D eigenvalue weighted by Gasteiger charge is 2.02. The third kappa shape index (κ3) is 3.70. The van der Waals surface area contributed by atoms with Gasteiger partial charge in [-0.3, -0.25) is 0 Å². The van der Waals surface area contributed by atoms with Crippen LogP contribution in [0.1, 0.15) is 11.1 Å². The molecule has 0 saturated carbocycles. The molecule has 4 heteroatoms. The Morgan fingerprint density at radius 3 is 2.50 bits per heavy atom. The first kappa shape index (κ1) is 12.8. The molecule has 0 fully saturated rings. The summed E-state index contributed by atoms with van der Waals surface area (Å²) in [6.07, 6.45) is 2.72. The molecular weight excluding hydrogens is 270 g/mol. The van der Waals surface area contributed by atoms with Crippen molar-refractivity contribution >= 4 is 27.6 Å². The summed E-state index contributed by atoms with van der Waals surface area (Å²) < 4.78 is 1.05. The average Bonchev–Trinajstić information content (AvgIpc) is 2.14. The minimum absolute atomic E-state index is 0.510. The molecule has 0 aliphatic carbocycles. The Bertz CT molecular complexity index is 404. The first-order valence-corrected chi connectivity index (χ1v) is 5.70. The number of hydrogen-bond acceptors (Lipinski definition) is 2. The number of anilines is 1. The van der Waals surface area contributed by atoms with Crippen molar-refractivity contribution in [3.63, 3.8) is 0 Å². The zero-order valence-corrected chi connectivity index (χ0v) is 10.8. The summed E-state index contributed by atoms with van der Waals surface area (Å²) in [7, 11) is 0. The van der Waals surface area contributed by atoms with Gasteiger partial charge >= 0.3 is 5.97 Å². The van der Waals surface area contributed by atoms with Gasteiger partial charge in [-0.1, -0.05) is 22.0 Å². The number of carboxylic acids is 1. The third-order valence-corrected chi connectivity index (χ3v) is 2.61. The summed E-state index contributed by atoms with van der Waals surface area (Å²) in [5.74, 6) is -0.925. The Morgan fingerprint density at radius 2 is 2.00 bits per heavy atom. The maximum Gasteiger partial charge on any atom is 0.328 e. The van der Waals surface area contributed by atoms with Crippen LogP contribution in [0.4, 0.5) is 5.69 Å². The third-order valence-electron chi connectivity index (χ3n) is 2.15. The molecule has 1 aromatic rings. The van der Waals surface area contributed by atoms with Crippen molar-refractivity contribution in [2.75, 3.05) is 11.9 Å². The molecule has 86 valence electrons. The molecule has 3 nitrogen and oxygen atoms in total. The molecule has 0 saturated heterocycles. The number of aliphatic carboxylic acids is 1. The van der Waals surface area contributed by atoms with Crippen LogP contribution in [0, 0.1) is 13.8 Å².